The molecule has 0 spiro atoms. The molecule has 2 aromatic carbocycles. The predicted molar refractivity (Wildman–Crippen MR) is 154 cm³/mol. The summed E-state index contributed by atoms with van der Waals surface area (Å²) >= 11 is 0. The summed E-state index contributed by atoms with van der Waals surface area (Å²) in [5.41, 5.74) is 9.07. The van der Waals surface area contributed by atoms with E-state index in [9.17, 15) is 9.59 Å². The minimum absolute atomic E-state index is 0.0559. The van der Waals surface area contributed by atoms with Crippen LogP contribution in [0.4, 0.5) is 5.82 Å². The molecule has 196 valence electrons. The van der Waals surface area contributed by atoms with Gasteiger partial charge < -0.3 is 11.1 Å². The molecule has 10 heteroatoms. The maximum Gasteiger partial charge on any atom is 0.266 e. The lowest BCUT2D eigenvalue weighted by atomic mass is 10.1. The Kier molecular flexibility index (Phi) is 6.33. The number of amides is 1. The quantitative estimate of drug-likeness (QED) is 0.333. The second-order valence-electron chi connectivity index (χ2n) is 9.15. The number of pyridine rings is 1. The van der Waals surface area contributed by atoms with Gasteiger partial charge in [-0.3, -0.25) is 19.1 Å². The van der Waals surface area contributed by atoms with E-state index in [1.165, 1.54) is 9.08 Å². The second-order valence-corrected chi connectivity index (χ2v) is 9.15. The number of nitrogens with two attached hydrogens (primary N) is 1. The molecular weight excluding hydrogens is 504 g/mol. The fourth-order valence-corrected chi connectivity index (χ4v) is 4.64. The third-order valence-corrected chi connectivity index (χ3v) is 6.49. The molecule has 0 saturated heterocycles. The molecule has 4 aromatic heterocycles. The number of anilines is 1. The van der Waals surface area contributed by atoms with Gasteiger partial charge in [0.2, 0.25) is 0 Å². The zero-order chi connectivity index (χ0) is 27.6. The molecule has 0 fully saturated rings. The maximum absolute atomic E-state index is 14.2. The van der Waals surface area contributed by atoms with Gasteiger partial charge in [0, 0.05) is 24.8 Å². The Bertz CT molecular complexity index is 1950. The first-order chi connectivity index (χ1) is 19.5. The highest BCUT2D eigenvalue weighted by atomic mass is 16.2. The Morgan fingerprint density at radius 3 is 2.65 bits per heavy atom. The van der Waals surface area contributed by atoms with Gasteiger partial charge in [0.05, 0.1) is 22.6 Å². The van der Waals surface area contributed by atoms with E-state index >= 15 is 0 Å². The van der Waals surface area contributed by atoms with Crippen LogP contribution in [0.1, 0.15) is 40.3 Å². The van der Waals surface area contributed by atoms with Crippen molar-refractivity contribution in [2.45, 2.75) is 13.0 Å². The molecule has 0 saturated carbocycles. The van der Waals surface area contributed by atoms with Crippen LogP contribution in [0.5, 0.6) is 0 Å². The molecule has 4 heterocycles. The van der Waals surface area contributed by atoms with Crippen molar-refractivity contribution < 1.29 is 4.79 Å². The number of fused-ring (bicyclic) bond motifs is 2. The number of benzene rings is 2. The molecule has 1 amide bonds. The van der Waals surface area contributed by atoms with Crippen LogP contribution >= 0.6 is 0 Å². The van der Waals surface area contributed by atoms with Crippen LogP contribution in [0, 0.1) is 0 Å². The number of aromatic nitrogens is 6. The number of hydrogen-bond donors (Lipinski definition) is 2. The molecular formula is C30H24N8O2. The normalized spacial score (nSPS) is 12.2. The van der Waals surface area contributed by atoms with Crippen molar-refractivity contribution in [2.75, 3.05) is 5.73 Å². The molecule has 1 atom stereocenters. The van der Waals surface area contributed by atoms with E-state index in [2.05, 4.69) is 20.4 Å². The molecule has 0 aliphatic rings. The summed E-state index contributed by atoms with van der Waals surface area (Å²) in [7, 11) is 0. The van der Waals surface area contributed by atoms with Crippen LogP contribution in [-0.4, -0.2) is 35.0 Å². The summed E-state index contributed by atoms with van der Waals surface area (Å²) in [5.74, 6) is -0.0466. The van der Waals surface area contributed by atoms with Gasteiger partial charge in [-0.1, -0.05) is 48.6 Å². The average molecular weight is 529 g/mol. The maximum atomic E-state index is 14.2. The van der Waals surface area contributed by atoms with Gasteiger partial charge in [0.15, 0.2) is 11.5 Å². The van der Waals surface area contributed by atoms with Crippen molar-refractivity contribution >= 4 is 40.4 Å². The highest BCUT2D eigenvalue weighted by molar-refractivity contribution is 6.04. The highest BCUT2D eigenvalue weighted by Crippen LogP contribution is 2.23. The third kappa shape index (κ3) is 4.47. The minimum Gasteiger partial charge on any atom is -0.381 e. The zero-order valence-electron chi connectivity index (χ0n) is 21.5. The summed E-state index contributed by atoms with van der Waals surface area (Å²) in [4.78, 5) is 40.8. The van der Waals surface area contributed by atoms with E-state index in [0.717, 1.165) is 11.1 Å². The predicted octanol–water partition coefficient (Wildman–Crippen LogP) is 4.07. The summed E-state index contributed by atoms with van der Waals surface area (Å²) < 4.78 is 2.98. The van der Waals surface area contributed by atoms with Crippen LogP contribution in [0.2, 0.25) is 0 Å². The van der Waals surface area contributed by atoms with E-state index in [1.54, 1.807) is 43.8 Å². The van der Waals surface area contributed by atoms with Gasteiger partial charge in [-0.25, -0.2) is 14.5 Å². The summed E-state index contributed by atoms with van der Waals surface area (Å²) in [6.07, 6.45) is 10.5. The number of hydrogen-bond acceptors (Lipinski definition) is 7. The number of rotatable bonds is 6. The van der Waals surface area contributed by atoms with Gasteiger partial charge in [0.25, 0.3) is 11.5 Å². The van der Waals surface area contributed by atoms with Crippen molar-refractivity contribution in [3.8, 4) is 5.69 Å². The molecule has 0 bridgehead atoms. The van der Waals surface area contributed by atoms with Gasteiger partial charge >= 0.3 is 0 Å². The second kappa shape index (κ2) is 10.3. The molecule has 6 aromatic rings. The topological polar surface area (TPSA) is 133 Å². The fourth-order valence-electron chi connectivity index (χ4n) is 4.64. The Hall–Kier alpha value is -5.64. The Balaban J connectivity index is 1.47. The lowest BCUT2D eigenvalue weighted by Gasteiger charge is -2.20. The summed E-state index contributed by atoms with van der Waals surface area (Å²) in [5, 5.41) is 7.58. The minimum atomic E-state index is -0.669. The SMILES string of the molecule is C[C@@H](NC(=O)c1c(N)nn2cccnc12)c1nc2cccc(/C=C/c3cccnc3)c2c(=O)n1-c1ccccc1. The first-order valence-electron chi connectivity index (χ1n) is 12.6. The van der Waals surface area contributed by atoms with E-state index in [1.807, 2.05) is 66.7 Å². The highest BCUT2D eigenvalue weighted by Gasteiger charge is 2.24. The molecule has 0 aliphatic heterocycles. The van der Waals surface area contributed by atoms with Gasteiger partial charge in [-0.15, -0.1) is 5.10 Å². The summed E-state index contributed by atoms with van der Waals surface area (Å²) in [6.45, 7) is 1.77. The van der Waals surface area contributed by atoms with Crippen molar-refractivity contribution in [1.82, 2.24) is 34.4 Å². The smallest absolute Gasteiger partial charge is 0.266 e. The van der Waals surface area contributed by atoms with Crippen molar-refractivity contribution in [2.24, 2.45) is 0 Å². The number of para-hydroxylation sites is 1. The largest absolute Gasteiger partial charge is 0.381 e. The first kappa shape index (κ1) is 24.7. The monoisotopic (exact) mass is 528 g/mol. The van der Waals surface area contributed by atoms with Crippen LogP contribution in [0.3, 0.4) is 0 Å². The zero-order valence-corrected chi connectivity index (χ0v) is 21.5. The van der Waals surface area contributed by atoms with Crippen molar-refractivity contribution in [3.05, 3.63) is 124 Å². The van der Waals surface area contributed by atoms with E-state index in [4.69, 9.17) is 10.7 Å². The van der Waals surface area contributed by atoms with Crippen molar-refractivity contribution in [3.63, 3.8) is 0 Å². The van der Waals surface area contributed by atoms with Crippen LogP contribution in [-0.2, 0) is 0 Å². The van der Waals surface area contributed by atoms with Gasteiger partial charge in [-0.05, 0) is 48.4 Å². The number of nitrogen functional groups attached to an aromatic ring is 1. The van der Waals surface area contributed by atoms with Crippen LogP contribution in [0.15, 0.2) is 96.3 Å². The Labute approximate surface area is 228 Å². The van der Waals surface area contributed by atoms with Crippen LogP contribution in [0.25, 0.3) is 34.4 Å². The number of nitrogens with one attached hydrogen (secondary N) is 1. The standard InChI is InChI=1S/C30H24N8O2/c1-19(34-29(39)25-26(31)36-37-17-7-16-33-28(25)37)27-35-23-12-5-9-21(14-13-20-8-6-15-32-18-20)24(23)30(40)38(27)22-10-3-2-4-11-22/h2-19H,1H3,(H2,31,36)(H,34,39)/b14-13+/t19-/m1/s1. The molecule has 0 aliphatic carbocycles. The molecule has 3 N–H and O–H groups in total. The van der Waals surface area contributed by atoms with Crippen LogP contribution < -0.4 is 16.6 Å². The fraction of sp³-hybridized carbons (Fsp3) is 0.0667. The van der Waals surface area contributed by atoms with E-state index < -0.39 is 11.9 Å². The Morgan fingerprint density at radius 1 is 1.00 bits per heavy atom. The Morgan fingerprint density at radius 2 is 1.85 bits per heavy atom. The molecule has 40 heavy (non-hydrogen) atoms. The lowest BCUT2D eigenvalue weighted by Crippen LogP contribution is -2.33. The molecule has 0 unspecified atom stereocenters. The number of carbonyl (C=O) groups is 1. The van der Waals surface area contributed by atoms with Crippen molar-refractivity contribution in [1.29, 1.82) is 0 Å². The number of nitrogens with zero attached hydrogens (tertiary/aromatic N) is 6. The number of carbonyl (C=O) groups excluding carboxylic acids is 1. The summed E-state index contributed by atoms with van der Waals surface area (Å²) in [6, 6.07) is 19.5. The lowest BCUT2D eigenvalue weighted by molar-refractivity contribution is 0.0940. The third-order valence-electron chi connectivity index (χ3n) is 6.49. The average Bonchev–Trinajstić information content (AvgIpc) is 3.32. The van der Waals surface area contributed by atoms with Gasteiger partial charge in [-0.2, -0.15) is 0 Å². The first-order valence-corrected chi connectivity index (χ1v) is 12.6. The molecule has 0 radical (unpaired) electrons. The van der Waals surface area contributed by atoms with E-state index in [0.29, 0.717) is 28.1 Å². The van der Waals surface area contributed by atoms with E-state index in [-0.39, 0.29) is 16.9 Å². The van der Waals surface area contributed by atoms with Gasteiger partial charge in [0.1, 0.15) is 11.4 Å². The molecule has 10 nitrogen and oxygen atoms in total. The molecule has 6 rings (SSSR count).